The molecule has 1 aromatic carbocycles. The van der Waals surface area contributed by atoms with Gasteiger partial charge in [-0.15, -0.1) is 0 Å². The number of hydrogen-bond donors (Lipinski definition) is 0. The van der Waals surface area contributed by atoms with Crippen molar-refractivity contribution >= 4 is 28.2 Å². The summed E-state index contributed by atoms with van der Waals surface area (Å²) in [7, 11) is 0. The summed E-state index contributed by atoms with van der Waals surface area (Å²) in [5.74, 6) is 0.632. The van der Waals surface area contributed by atoms with Gasteiger partial charge in [0, 0.05) is 67.7 Å². The van der Waals surface area contributed by atoms with Crippen LogP contribution in [-0.4, -0.2) is 52.7 Å². The molecule has 0 saturated carbocycles. The van der Waals surface area contributed by atoms with Crippen LogP contribution in [0.25, 0.3) is 10.9 Å². The molecule has 0 spiro atoms. The van der Waals surface area contributed by atoms with Crippen molar-refractivity contribution in [2.45, 2.75) is 38.0 Å². The van der Waals surface area contributed by atoms with Crippen LogP contribution in [0.4, 0.5) is 5.69 Å². The highest BCUT2D eigenvalue weighted by molar-refractivity contribution is 6.30. The van der Waals surface area contributed by atoms with Gasteiger partial charge in [0.15, 0.2) is 0 Å². The lowest BCUT2D eigenvalue weighted by Crippen LogP contribution is -2.61. The Hall–Kier alpha value is -2.88. The molecule has 6 nitrogen and oxygen atoms in total. The van der Waals surface area contributed by atoms with Gasteiger partial charge in [0.2, 0.25) is 5.88 Å². The summed E-state index contributed by atoms with van der Waals surface area (Å²) in [6.45, 7) is 5.20. The molecule has 7 heteroatoms. The third-order valence-corrected chi connectivity index (χ3v) is 6.61. The highest BCUT2D eigenvalue weighted by Crippen LogP contribution is 2.34. The van der Waals surface area contributed by atoms with E-state index < -0.39 is 0 Å². The van der Waals surface area contributed by atoms with E-state index in [1.807, 2.05) is 24.3 Å². The van der Waals surface area contributed by atoms with Crippen molar-refractivity contribution in [3.63, 3.8) is 0 Å². The molecule has 3 atom stereocenters. The maximum absolute atomic E-state index is 9.46. The minimum absolute atomic E-state index is 0.140. The molecule has 2 aliphatic rings. The minimum Gasteiger partial charge on any atom is -0.474 e. The Morgan fingerprint density at radius 3 is 2.87 bits per heavy atom. The maximum atomic E-state index is 9.46. The van der Waals surface area contributed by atoms with E-state index in [1.165, 1.54) is 0 Å². The lowest BCUT2D eigenvalue weighted by atomic mass is 9.93. The van der Waals surface area contributed by atoms with E-state index in [4.69, 9.17) is 16.3 Å². The number of nitrogens with zero attached hydrogens (tertiary/aromatic N) is 5. The molecule has 2 aromatic heterocycles. The largest absolute Gasteiger partial charge is 0.474 e. The van der Waals surface area contributed by atoms with Crippen LogP contribution in [0.5, 0.6) is 5.88 Å². The van der Waals surface area contributed by atoms with Gasteiger partial charge in [0.1, 0.15) is 12.2 Å². The van der Waals surface area contributed by atoms with E-state index in [-0.39, 0.29) is 6.10 Å². The number of fused-ring (bicyclic) bond motifs is 2. The van der Waals surface area contributed by atoms with Gasteiger partial charge in [0.05, 0.1) is 16.1 Å². The Balaban J connectivity index is 1.37. The smallest absolute Gasteiger partial charge is 0.213 e. The van der Waals surface area contributed by atoms with Crippen molar-refractivity contribution in [2.24, 2.45) is 0 Å². The molecule has 0 aliphatic carbocycles. The van der Waals surface area contributed by atoms with Gasteiger partial charge in [-0.2, -0.15) is 5.26 Å². The molecule has 0 N–H and O–H groups in total. The molecular weight excluding hydrogens is 410 g/mol. The van der Waals surface area contributed by atoms with Crippen molar-refractivity contribution in [1.29, 1.82) is 5.26 Å². The standard InChI is InChI=1S/C24H24ClN5O/c1-16-14-29(22-6-4-17(12-26)24-21(22)3-2-9-27-24)15-19-11-20(8-10-30(16)19)31-23-7-5-18(25)13-28-23/h2-7,9,13,16,19-20H,8,10-11,14-15H2,1H3/t16-,19+,20+/m1/s1. The number of hydrogen-bond acceptors (Lipinski definition) is 6. The lowest BCUT2D eigenvalue weighted by molar-refractivity contribution is 0.0222. The molecular formula is C24H24ClN5O. The first-order chi connectivity index (χ1) is 15.1. The van der Waals surface area contributed by atoms with Crippen molar-refractivity contribution in [3.05, 3.63) is 59.4 Å². The Labute approximate surface area is 187 Å². The summed E-state index contributed by atoms with van der Waals surface area (Å²) in [5, 5.41) is 11.1. The normalized spacial score (nSPS) is 23.9. The summed E-state index contributed by atoms with van der Waals surface area (Å²) in [6.07, 6.45) is 5.47. The topological polar surface area (TPSA) is 65.3 Å². The number of ether oxygens (including phenoxy) is 1. The van der Waals surface area contributed by atoms with Gasteiger partial charge in [0.25, 0.3) is 0 Å². The molecule has 158 valence electrons. The molecule has 0 amide bonds. The average Bonchev–Trinajstić information content (AvgIpc) is 2.79. The molecule has 0 unspecified atom stereocenters. The Morgan fingerprint density at radius 2 is 2.06 bits per heavy atom. The third kappa shape index (κ3) is 3.91. The third-order valence-electron chi connectivity index (χ3n) is 6.39. The fourth-order valence-corrected chi connectivity index (χ4v) is 5.09. The van der Waals surface area contributed by atoms with Crippen LogP contribution in [0.2, 0.25) is 5.02 Å². The first-order valence-corrected chi connectivity index (χ1v) is 11.1. The van der Waals surface area contributed by atoms with Crippen LogP contribution < -0.4 is 9.64 Å². The van der Waals surface area contributed by atoms with Crippen molar-refractivity contribution in [3.8, 4) is 11.9 Å². The SMILES string of the molecule is C[C@@H]1CN(c2ccc(C#N)c3ncccc23)C[C@@H]2C[C@@H](Oc3ccc(Cl)cn3)CCN21. The second-order valence-electron chi connectivity index (χ2n) is 8.37. The minimum atomic E-state index is 0.140. The Morgan fingerprint density at radius 1 is 1.16 bits per heavy atom. The number of piperidine rings is 1. The summed E-state index contributed by atoms with van der Waals surface area (Å²) in [4.78, 5) is 13.8. The monoisotopic (exact) mass is 433 g/mol. The number of aromatic nitrogens is 2. The van der Waals surface area contributed by atoms with Gasteiger partial charge >= 0.3 is 0 Å². The molecule has 4 heterocycles. The molecule has 0 bridgehead atoms. The van der Waals surface area contributed by atoms with E-state index in [1.54, 1.807) is 12.4 Å². The van der Waals surface area contributed by atoms with E-state index in [9.17, 15) is 5.26 Å². The number of benzene rings is 1. The molecule has 3 aromatic rings. The predicted molar refractivity (Wildman–Crippen MR) is 122 cm³/mol. The number of pyridine rings is 2. The summed E-state index contributed by atoms with van der Waals surface area (Å²) in [6, 6.07) is 14.7. The number of nitriles is 1. The molecule has 2 aliphatic heterocycles. The fraction of sp³-hybridized carbons (Fsp3) is 0.375. The van der Waals surface area contributed by atoms with Crippen LogP contribution in [0.3, 0.4) is 0 Å². The van der Waals surface area contributed by atoms with Gasteiger partial charge in [-0.3, -0.25) is 9.88 Å². The summed E-state index contributed by atoms with van der Waals surface area (Å²) < 4.78 is 6.18. The first-order valence-electron chi connectivity index (χ1n) is 10.7. The van der Waals surface area contributed by atoms with E-state index in [2.05, 4.69) is 44.9 Å². The average molecular weight is 434 g/mol. The van der Waals surface area contributed by atoms with Crippen LogP contribution >= 0.6 is 11.6 Å². The summed E-state index contributed by atoms with van der Waals surface area (Å²) >= 11 is 5.94. The summed E-state index contributed by atoms with van der Waals surface area (Å²) in [5.41, 5.74) is 2.54. The highest BCUT2D eigenvalue weighted by atomic mass is 35.5. The first kappa shape index (κ1) is 20.0. The molecule has 0 radical (unpaired) electrons. The van der Waals surface area contributed by atoms with E-state index in [0.29, 0.717) is 28.5 Å². The van der Waals surface area contributed by atoms with Crippen LogP contribution in [0.15, 0.2) is 48.8 Å². The van der Waals surface area contributed by atoms with Crippen molar-refractivity contribution in [2.75, 3.05) is 24.5 Å². The van der Waals surface area contributed by atoms with E-state index in [0.717, 1.165) is 49.1 Å². The molecule has 5 rings (SSSR count). The lowest BCUT2D eigenvalue weighted by Gasteiger charge is -2.50. The van der Waals surface area contributed by atoms with Crippen LogP contribution in [0, 0.1) is 11.3 Å². The fourth-order valence-electron chi connectivity index (χ4n) is 4.97. The predicted octanol–water partition coefficient (Wildman–Crippen LogP) is 4.28. The molecule has 2 fully saturated rings. The van der Waals surface area contributed by atoms with Gasteiger partial charge in [-0.25, -0.2) is 4.98 Å². The van der Waals surface area contributed by atoms with E-state index >= 15 is 0 Å². The van der Waals surface area contributed by atoms with Crippen LogP contribution in [0.1, 0.15) is 25.3 Å². The zero-order chi connectivity index (χ0) is 21.4. The zero-order valence-corrected chi connectivity index (χ0v) is 18.2. The second kappa shape index (κ2) is 8.33. The number of piperazine rings is 1. The number of anilines is 1. The molecule has 2 saturated heterocycles. The molecule has 31 heavy (non-hydrogen) atoms. The Bertz CT molecular complexity index is 1130. The maximum Gasteiger partial charge on any atom is 0.213 e. The number of rotatable bonds is 3. The second-order valence-corrected chi connectivity index (χ2v) is 8.80. The van der Waals surface area contributed by atoms with Gasteiger partial charge in [-0.1, -0.05) is 11.6 Å². The highest BCUT2D eigenvalue weighted by Gasteiger charge is 2.38. The Kier molecular flexibility index (Phi) is 5.39. The van der Waals surface area contributed by atoms with Crippen LogP contribution in [-0.2, 0) is 0 Å². The van der Waals surface area contributed by atoms with Crippen molar-refractivity contribution in [1.82, 2.24) is 14.9 Å². The zero-order valence-electron chi connectivity index (χ0n) is 17.4. The van der Waals surface area contributed by atoms with Crippen molar-refractivity contribution < 1.29 is 4.74 Å². The van der Waals surface area contributed by atoms with Gasteiger partial charge in [-0.05, 0) is 43.7 Å². The van der Waals surface area contributed by atoms with Gasteiger partial charge < -0.3 is 9.64 Å². The quantitative estimate of drug-likeness (QED) is 0.614. The number of halogens is 1.